The van der Waals surface area contributed by atoms with Crippen molar-refractivity contribution in [2.45, 2.75) is 219 Å². The van der Waals surface area contributed by atoms with Crippen LogP contribution in [0.5, 0.6) is 0 Å². The number of ketones is 2. The second-order valence-corrected chi connectivity index (χ2v) is 14.1. The van der Waals surface area contributed by atoms with Gasteiger partial charge >= 0.3 is 0 Å². The number of carbonyl (C=O) groups excluding carboxylic acids is 2. The topological polar surface area (TPSA) is 37.4 Å². The van der Waals surface area contributed by atoms with E-state index < -0.39 is 5.92 Å². The van der Waals surface area contributed by atoms with E-state index in [9.17, 15) is 9.59 Å². The Labute approximate surface area is 283 Å². The summed E-state index contributed by atoms with van der Waals surface area (Å²) < 4.78 is 0. The van der Waals surface area contributed by atoms with Crippen molar-refractivity contribution in [3.05, 3.63) is 0 Å². The van der Waals surface area contributed by atoms with Crippen molar-refractivity contribution in [2.24, 2.45) is 5.92 Å². The number of hydrogen-bond donors (Lipinski definition) is 0. The van der Waals surface area contributed by atoms with Crippen LogP contribution in [0.1, 0.15) is 219 Å². The van der Waals surface area contributed by atoms with Gasteiger partial charge in [0.1, 0.15) is 11.6 Å². The van der Waals surface area contributed by atoms with Gasteiger partial charge in [-0.15, -0.1) is 12.4 Å². The first-order valence-corrected chi connectivity index (χ1v) is 19.7. The van der Waals surface area contributed by atoms with Gasteiger partial charge in [-0.25, -0.2) is 0 Å². The first-order chi connectivity index (χ1) is 21.0. The molecule has 0 amide bonds. The Kier molecular flexibility index (Phi) is 38.5. The van der Waals surface area contributed by atoms with Crippen molar-refractivity contribution < 1.29 is 9.59 Å². The lowest BCUT2D eigenvalue weighted by atomic mass is 9.91. The summed E-state index contributed by atoms with van der Waals surface area (Å²) in [6.45, 7) is 5.15. The van der Waals surface area contributed by atoms with Gasteiger partial charge in [0.2, 0.25) is 0 Å². The Morgan fingerprint density at radius 3 is 0.795 bits per heavy atom. The number of carbonyl (C=O) groups is 2. The van der Waals surface area contributed by atoms with E-state index in [0.29, 0.717) is 19.4 Å². The molecule has 0 aliphatic heterocycles. The average Bonchev–Trinajstić information content (AvgIpc) is 2.99. The summed E-state index contributed by atoms with van der Waals surface area (Å²) >= 11 is 0. The fourth-order valence-electron chi connectivity index (χ4n) is 6.44. The van der Waals surface area contributed by atoms with Gasteiger partial charge in [0, 0.05) is 19.4 Å². The van der Waals surface area contributed by atoms with E-state index in [1.54, 1.807) is 0 Å². The Morgan fingerprint density at radius 1 is 0.386 bits per heavy atom. The number of Topliss-reactive ketones (excluding diaryl/α,β-unsaturated/α-hetero) is 2. The van der Waals surface area contributed by atoms with Gasteiger partial charge in [-0.05, 0) is 26.9 Å². The fraction of sp³-hybridized carbons (Fsp3) is 0.950. The molecule has 4 heteroatoms. The molecule has 0 aromatic rings. The minimum Gasteiger partial charge on any atom is -0.308 e. The quantitative estimate of drug-likeness (QED) is 0.0504. The SMILES string of the molecule is CCCCCCCCCCCCCCCCCC(=O)C(CN(C)C)C(=O)CCCCCCCCCCCCCCCCC.Cl. The summed E-state index contributed by atoms with van der Waals surface area (Å²) in [5, 5.41) is 0. The van der Waals surface area contributed by atoms with Gasteiger partial charge in [-0.1, -0.05) is 194 Å². The van der Waals surface area contributed by atoms with Crippen LogP contribution in [-0.4, -0.2) is 37.1 Å². The van der Waals surface area contributed by atoms with Crippen LogP contribution >= 0.6 is 12.4 Å². The maximum absolute atomic E-state index is 13.0. The normalized spacial score (nSPS) is 11.4. The van der Waals surface area contributed by atoms with E-state index in [4.69, 9.17) is 0 Å². The molecule has 0 rings (SSSR count). The van der Waals surface area contributed by atoms with Gasteiger partial charge in [-0.3, -0.25) is 9.59 Å². The average molecular weight is 643 g/mol. The van der Waals surface area contributed by atoms with Crippen molar-refractivity contribution >= 4 is 24.0 Å². The van der Waals surface area contributed by atoms with Crippen molar-refractivity contribution in [2.75, 3.05) is 20.6 Å². The molecule has 0 saturated heterocycles. The molecule has 0 N–H and O–H groups in total. The molecule has 0 fully saturated rings. The lowest BCUT2D eigenvalue weighted by molar-refractivity contribution is -0.133. The van der Waals surface area contributed by atoms with E-state index in [2.05, 4.69) is 13.8 Å². The fourth-order valence-corrected chi connectivity index (χ4v) is 6.44. The van der Waals surface area contributed by atoms with E-state index >= 15 is 0 Å². The number of hydrogen-bond acceptors (Lipinski definition) is 3. The van der Waals surface area contributed by atoms with Gasteiger partial charge in [-0.2, -0.15) is 0 Å². The molecule has 0 aliphatic carbocycles. The van der Waals surface area contributed by atoms with Gasteiger partial charge in [0.25, 0.3) is 0 Å². The van der Waals surface area contributed by atoms with Crippen molar-refractivity contribution in [1.29, 1.82) is 0 Å². The zero-order chi connectivity index (χ0) is 31.6. The summed E-state index contributed by atoms with van der Waals surface area (Å²) in [6.07, 6.45) is 41.1. The molecule has 0 aliphatic rings. The van der Waals surface area contributed by atoms with Crippen molar-refractivity contribution in [3.8, 4) is 0 Å². The summed E-state index contributed by atoms with van der Waals surface area (Å²) in [5.41, 5.74) is 0. The number of rotatable bonds is 36. The molecule has 0 aromatic carbocycles. The maximum atomic E-state index is 13.0. The number of nitrogens with zero attached hydrogens (tertiary/aromatic N) is 1. The summed E-state index contributed by atoms with van der Waals surface area (Å²) in [6, 6.07) is 0. The highest BCUT2D eigenvalue weighted by molar-refractivity contribution is 6.02. The molecule has 0 heterocycles. The molecule has 0 saturated carbocycles. The van der Waals surface area contributed by atoms with Crippen LogP contribution in [0.25, 0.3) is 0 Å². The largest absolute Gasteiger partial charge is 0.308 e. The van der Waals surface area contributed by atoms with Crippen molar-refractivity contribution in [3.63, 3.8) is 0 Å². The molecular formula is C40H80ClNO2. The zero-order valence-corrected chi connectivity index (χ0v) is 31.4. The highest BCUT2D eigenvalue weighted by Gasteiger charge is 2.25. The van der Waals surface area contributed by atoms with Crippen LogP contribution in [0.15, 0.2) is 0 Å². The highest BCUT2D eigenvalue weighted by atomic mass is 35.5. The molecule has 0 unspecified atom stereocenters. The smallest absolute Gasteiger partial charge is 0.144 e. The molecule has 0 aromatic heterocycles. The first kappa shape index (κ1) is 45.7. The third kappa shape index (κ3) is 33.0. The molecule has 0 spiro atoms. The Balaban J connectivity index is 0. The molecular weight excluding hydrogens is 562 g/mol. The summed E-state index contributed by atoms with van der Waals surface area (Å²) in [5.74, 6) is -0.0306. The molecule has 0 bridgehead atoms. The van der Waals surface area contributed by atoms with Crippen LogP contribution < -0.4 is 0 Å². The summed E-state index contributed by atoms with van der Waals surface area (Å²) in [4.78, 5) is 27.9. The third-order valence-corrected chi connectivity index (χ3v) is 9.38. The minimum absolute atomic E-state index is 0. The van der Waals surface area contributed by atoms with Crippen LogP contribution in [0.4, 0.5) is 0 Å². The highest BCUT2D eigenvalue weighted by Crippen LogP contribution is 2.18. The first-order valence-electron chi connectivity index (χ1n) is 19.7. The zero-order valence-electron chi connectivity index (χ0n) is 30.6. The van der Waals surface area contributed by atoms with E-state index in [0.717, 1.165) is 25.7 Å². The third-order valence-electron chi connectivity index (χ3n) is 9.38. The van der Waals surface area contributed by atoms with Crippen LogP contribution in [0, 0.1) is 5.92 Å². The molecule has 264 valence electrons. The Morgan fingerprint density at radius 2 is 0.591 bits per heavy atom. The van der Waals surface area contributed by atoms with E-state index in [-0.39, 0.29) is 24.0 Å². The lowest BCUT2D eigenvalue weighted by Crippen LogP contribution is -2.34. The molecule has 44 heavy (non-hydrogen) atoms. The number of unbranched alkanes of at least 4 members (excludes halogenated alkanes) is 28. The minimum atomic E-state index is -0.409. The van der Waals surface area contributed by atoms with E-state index in [1.807, 2.05) is 19.0 Å². The molecule has 0 radical (unpaired) electrons. The Hall–Kier alpha value is -0.410. The van der Waals surface area contributed by atoms with Crippen LogP contribution in [0.3, 0.4) is 0 Å². The van der Waals surface area contributed by atoms with Gasteiger partial charge < -0.3 is 4.90 Å². The summed E-state index contributed by atoms with van der Waals surface area (Å²) in [7, 11) is 3.96. The van der Waals surface area contributed by atoms with Crippen LogP contribution in [0.2, 0.25) is 0 Å². The predicted molar refractivity (Wildman–Crippen MR) is 198 cm³/mol. The van der Waals surface area contributed by atoms with Gasteiger partial charge in [0.05, 0.1) is 5.92 Å². The van der Waals surface area contributed by atoms with E-state index in [1.165, 1.54) is 167 Å². The monoisotopic (exact) mass is 642 g/mol. The Bertz CT molecular complexity index is 548. The number of halogens is 1. The molecule has 3 nitrogen and oxygen atoms in total. The second kappa shape index (κ2) is 37.1. The van der Waals surface area contributed by atoms with Crippen LogP contribution in [-0.2, 0) is 9.59 Å². The second-order valence-electron chi connectivity index (χ2n) is 14.1. The van der Waals surface area contributed by atoms with Gasteiger partial charge in [0.15, 0.2) is 0 Å². The predicted octanol–water partition coefficient (Wildman–Crippen LogP) is 13.2. The molecule has 0 atom stereocenters. The lowest BCUT2D eigenvalue weighted by Gasteiger charge is -2.19. The standard InChI is InChI=1S/C40H79NO2.ClH/c1-5-7-9-11-13-15-17-19-21-23-25-27-29-31-33-35-39(42)38(37-41(3)4)40(43)36-34-32-30-28-26-24-22-20-18-16-14-12-10-8-6-2;/h38H,5-37H2,1-4H3;1H. The van der Waals surface area contributed by atoms with Crippen molar-refractivity contribution in [1.82, 2.24) is 4.90 Å². The maximum Gasteiger partial charge on any atom is 0.144 e.